The fourth-order valence-corrected chi connectivity index (χ4v) is 4.18. The lowest BCUT2D eigenvalue weighted by Crippen LogP contribution is -2.40. The number of thioether (sulfide) groups is 1. The Kier molecular flexibility index (Phi) is 4.08. The molecule has 126 valence electrons. The molecule has 5 nitrogen and oxygen atoms in total. The first kappa shape index (κ1) is 15.7. The highest BCUT2D eigenvalue weighted by molar-refractivity contribution is 8.00. The SMILES string of the molecule is CC(Sc1nnc(C2CC2)n1C)C(=O)N1CCc2ccccc2C1. The van der Waals surface area contributed by atoms with Gasteiger partial charge in [0.15, 0.2) is 5.16 Å². The summed E-state index contributed by atoms with van der Waals surface area (Å²) in [7, 11) is 2.00. The molecule has 0 radical (unpaired) electrons. The number of hydrogen-bond acceptors (Lipinski definition) is 4. The third-order valence-corrected chi connectivity index (χ3v) is 6.00. The van der Waals surface area contributed by atoms with Gasteiger partial charge in [-0.25, -0.2) is 0 Å². The van der Waals surface area contributed by atoms with Crippen molar-refractivity contribution in [2.45, 2.75) is 49.1 Å². The van der Waals surface area contributed by atoms with Crippen LogP contribution in [0.1, 0.15) is 42.6 Å². The van der Waals surface area contributed by atoms with E-state index in [1.807, 2.05) is 24.9 Å². The normalized spacial score (nSPS) is 18.3. The first-order chi connectivity index (χ1) is 11.6. The van der Waals surface area contributed by atoms with Crippen LogP contribution in [0, 0.1) is 0 Å². The van der Waals surface area contributed by atoms with Crippen molar-refractivity contribution >= 4 is 17.7 Å². The van der Waals surface area contributed by atoms with Gasteiger partial charge in [0.05, 0.1) is 5.25 Å². The van der Waals surface area contributed by atoms with E-state index in [-0.39, 0.29) is 11.2 Å². The van der Waals surface area contributed by atoms with Crippen molar-refractivity contribution in [3.63, 3.8) is 0 Å². The van der Waals surface area contributed by atoms with Crippen LogP contribution in [0.15, 0.2) is 29.4 Å². The molecule has 2 aliphatic rings. The molecule has 24 heavy (non-hydrogen) atoms. The second kappa shape index (κ2) is 6.24. The summed E-state index contributed by atoms with van der Waals surface area (Å²) >= 11 is 1.52. The lowest BCUT2D eigenvalue weighted by atomic mass is 10.00. The first-order valence-electron chi connectivity index (χ1n) is 8.55. The topological polar surface area (TPSA) is 51.0 Å². The number of fused-ring (bicyclic) bond motifs is 1. The van der Waals surface area contributed by atoms with Crippen LogP contribution >= 0.6 is 11.8 Å². The lowest BCUT2D eigenvalue weighted by Gasteiger charge is -2.30. The predicted molar refractivity (Wildman–Crippen MR) is 93.9 cm³/mol. The average Bonchev–Trinajstić information content (AvgIpc) is 3.39. The van der Waals surface area contributed by atoms with Gasteiger partial charge in [-0.2, -0.15) is 0 Å². The van der Waals surface area contributed by atoms with E-state index in [1.54, 1.807) is 0 Å². The second-order valence-electron chi connectivity index (χ2n) is 6.71. The van der Waals surface area contributed by atoms with Crippen LogP contribution in [0.3, 0.4) is 0 Å². The molecule has 1 unspecified atom stereocenters. The van der Waals surface area contributed by atoms with Gasteiger partial charge in [0.2, 0.25) is 5.91 Å². The van der Waals surface area contributed by atoms with Crippen LogP contribution in [0.4, 0.5) is 0 Å². The molecule has 1 atom stereocenters. The van der Waals surface area contributed by atoms with Crippen LogP contribution < -0.4 is 0 Å². The standard InChI is InChI=1S/C18H22N4OS/c1-12(24-18-20-19-16(21(18)2)14-7-8-14)17(23)22-10-9-13-5-3-4-6-15(13)11-22/h3-6,12,14H,7-11H2,1-2H3. The number of nitrogens with zero attached hydrogens (tertiary/aromatic N) is 4. The fourth-order valence-electron chi connectivity index (χ4n) is 3.28. The molecule has 1 saturated carbocycles. The number of rotatable bonds is 4. The summed E-state index contributed by atoms with van der Waals surface area (Å²) in [6.45, 7) is 3.48. The van der Waals surface area contributed by atoms with E-state index in [4.69, 9.17) is 0 Å². The predicted octanol–water partition coefficient (Wildman–Crippen LogP) is 2.76. The maximum Gasteiger partial charge on any atom is 0.236 e. The Morgan fingerprint density at radius 1 is 1.25 bits per heavy atom. The minimum atomic E-state index is -0.148. The molecule has 1 aromatic heterocycles. The molecular weight excluding hydrogens is 320 g/mol. The Bertz CT molecular complexity index is 768. The molecular formula is C18H22N4OS. The summed E-state index contributed by atoms with van der Waals surface area (Å²) in [5.74, 6) is 1.82. The molecule has 2 aromatic rings. The smallest absolute Gasteiger partial charge is 0.236 e. The molecule has 0 saturated heterocycles. The van der Waals surface area contributed by atoms with E-state index < -0.39 is 0 Å². The van der Waals surface area contributed by atoms with E-state index in [0.29, 0.717) is 12.5 Å². The van der Waals surface area contributed by atoms with Gasteiger partial charge < -0.3 is 9.47 Å². The van der Waals surface area contributed by atoms with Crippen molar-refractivity contribution in [1.29, 1.82) is 0 Å². The molecule has 1 amide bonds. The maximum atomic E-state index is 12.8. The highest BCUT2D eigenvalue weighted by atomic mass is 32.2. The van der Waals surface area contributed by atoms with E-state index >= 15 is 0 Å². The van der Waals surface area contributed by atoms with E-state index in [1.165, 1.54) is 35.7 Å². The van der Waals surface area contributed by atoms with Gasteiger partial charge in [-0.15, -0.1) is 10.2 Å². The zero-order valence-electron chi connectivity index (χ0n) is 14.1. The monoisotopic (exact) mass is 342 g/mol. The van der Waals surface area contributed by atoms with Crippen LogP contribution in [-0.2, 0) is 24.8 Å². The summed E-state index contributed by atoms with van der Waals surface area (Å²) in [5.41, 5.74) is 2.63. The van der Waals surface area contributed by atoms with Crippen molar-refractivity contribution in [1.82, 2.24) is 19.7 Å². The summed E-state index contributed by atoms with van der Waals surface area (Å²) in [5, 5.41) is 9.28. The molecule has 1 aliphatic carbocycles. The maximum absolute atomic E-state index is 12.8. The molecule has 2 heterocycles. The number of carbonyl (C=O) groups is 1. The van der Waals surface area contributed by atoms with Crippen molar-refractivity contribution in [2.24, 2.45) is 7.05 Å². The zero-order chi connectivity index (χ0) is 16.7. The molecule has 1 aromatic carbocycles. The molecule has 6 heteroatoms. The van der Waals surface area contributed by atoms with E-state index in [2.05, 4.69) is 33.0 Å². The molecule has 4 rings (SSSR count). The van der Waals surface area contributed by atoms with E-state index in [9.17, 15) is 4.79 Å². The quantitative estimate of drug-likeness (QED) is 0.802. The van der Waals surface area contributed by atoms with Crippen LogP contribution in [-0.4, -0.2) is 37.4 Å². The summed E-state index contributed by atoms with van der Waals surface area (Å²) in [4.78, 5) is 14.8. The molecule has 0 N–H and O–H groups in total. The average molecular weight is 342 g/mol. The first-order valence-corrected chi connectivity index (χ1v) is 9.43. The zero-order valence-corrected chi connectivity index (χ0v) is 14.9. The van der Waals surface area contributed by atoms with Crippen LogP contribution in [0.2, 0.25) is 0 Å². The number of hydrogen-bond donors (Lipinski definition) is 0. The van der Waals surface area contributed by atoms with Gasteiger partial charge in [0.25, 0.3) is 0 Å². The molecule has 1 aliphatic heterocycles. The summed E-state index contributed by atoms with van der Waals surface area (Å²) in [6, 6.07) is 8.40. The fraction of sp³-hybridized carbons (Fsp3) is 0.500. The van der Waals surface area contributed by atoms with Crippen LogP contribution in [0.5, 0.6) is 0 Å². The minimum absolute atomic E-state index is 0.148. The van der Waals surface area contributed by atoms with Gasteiger partial charge in [0, 0.05) is 26.1 Å². The Morgan fingerprint density at radius 2 is 2.00 bits per heavy atom. The van der Waals surface area contributed by atoms with Gasteiger partial charge in [-0.1, -0.05) is 36.0 Å². The van der Waals surface area contributed by atoms with Gasteiger partial charge in [0.1, 0.15) is 5.82 Å². The molecule has 1 fully saturated rings. The van der Waals surface area contributed by atoms with Gasteiger partial charge in [-0.3, -0.25) is 4.79 Å². The molecule has 0 spiro atoms. The van der Waals surface area contributed by atoms with E-state index in [0.717, 1.165) is 23.9 Å². The van der Waals surface area contributed by atoms with Crippen LogP contribution in [0.25, 0.3) is 0 Å². The third-order valence-electron chi connectivity index (χ3n) is 4.88. The minimum Gasteiger partial charge on any atom is -0.337 e. The highest BCUT2D eigenvalue weighted by Gasteiger charge is 2.31. The van der Waals surface area contributed by atoms with Crippen molar-refractivity contribution < 1.29 is 4.79 Å². The van der Waals surface area contributed by atoms with Crippen molar-refractivity contribution in [2.75, 3.05) is 6.54 Å². The Hall–Kier alpha value is -1.82. The van der Waals surface area contributed by atoms with Crippen molar-refractivity contribution in [3.05, 3.63) is 41.2 Å². The number of benzene rings is 1. The highest BCUT2D eigenvalue weighted by Crippen LogP contribution is 2.39. The summed E-state index contributed by atoms with van der Waals surface area (Å²) in [6.07, 6.45) is 3.35. The lowest BCUT2D eigenvalue weighted by molar-refractivity contribution is -0.131. The Balaban J connectivity index is 1.43. The second-order valence-corrected chi connectivity index (χ2v) is 8.02. The number of amides is 1. The van der Waals surface area contributed by atoms with Gasteiger partial charge >= 0.3 is 0 Å². The van der Waals surface area contributed by atoms with Gasteiger partial charge in [-0.05, 0) is 37.3 Å². The summed E-state index contributed by atoms with van der Waals surface area (Å²) < 4.78 is 2.05. The third kappa shape index (κ3) is 2.95. The van der Waals surface area contributed by atoms with Crippen molar-refractivity contribution in [3.8, 4) is 0 Å². The Morgan fingerprint density at radius 3 is 2.75 bits per heavy atom. The largest absolute Gasteiger partial charge is 0.337 e. The molecule has 0 bridgehead atoms. The number of carbonyl (C=O) groups excluding carboxylic acids is 1. The number of aromatic nitrogens is 3. The Labute approximate surface area is 146 Å².